The van der Waals surface area contributed by atoms with E-state index >= 15 is 0 Å². The molecular weight excluding hydrogens is 256 g/mol. The van der Waals surface area contributed by atoms with E-state index in [-0.39, 0.29) is 0 Å². The van der Waals surface area contributed by atoms with Gasteiger partial charge in [0.05, 0.1) is 16.8 Å². The number of rotatable bonds is 6. The van der Waals surface area contributed by atoms with Gasteiger partial charge in [0.15, 0.2) is 0 Å². The lowest BCUT2D eigenvalue weighted by molar-refractivity contribution is 0.152. The molecule has 0 saturated heterocycles. The van der Waals surface area contributed by atoms with Crippen LogP contribution < -0.4 is 5.32 Å². The van der Waals surface area contributed by atoms with Gasteiger partial charge in [-0.3, -0.25) is 4.98 Å². The highest BCUT2D eigenvalue weighted by Gasteiger charge is 2.31. The van der Waals surface area contributed by atoms with Crippen LogP contribution in [0.4, 0.5) is 0 Å². The van der Waals surface area contributed by atoms with Gasteiger partial charge >= 0.3 is 0 Å². The second-order valence-electron chi connectivity index (χ2n) is 5.36. The van der Waals surface area contributed by atoms with Crippen molar-refractivity contribution in [2.24, 2.45) is 5.92 Å². The quantitative estimate of drug-likeness (QED) is 0.878. The van der Waals surface area contributed by atoms with E-state index in [4.69, 9.17) is 4.74 Å². The lowest BCUT2D eigenvalue weighted by Gasteiger charge is -2.22. The molecule has 19 heavy (non-hydrogen) atoms. The van der Waals surface area contributed by atoms with Crippen molar-refractivity contribution in [1.82, 2.24) is 10.3 Å². The van der Waals surface area contributed by atoms with Crippen molar-refractivity contribution < 1.29 is 4.74 Å². The maximum atomic E-state index is 5.32. The number of ether oxygens (including phenoxy) is 1. The maximum absolute atomic E-state index is 5.32. The molecule has 1 saturated carbocycles. The van der Waals surface area contributed by atoms with Crippen molar-refractivity contribution in [2.45, 2.75) is 31.8 Å². The number of aromatic nitrogens is 1. The standard InChI is InChI=1S/C15H20N2OS/c1-10(17-14(9-18-2)11-3-4-11)12-7-15-13(16-8-12)5-6-19-15/h5-8,10-11,14,17H,3-4,9H2,1-2H3/t10-,14-/m1/s1. The van der Waals surface area contributed by atoms with Crippen molar-refractivity contribution in [3.63, 3.8) is 0 Å². The Hall–Kier alpha value is -0.970. The summed E-state index contributed by atoms with van der Waals surface area (Å²) in [6.45, 7) is 3.01. The van der Waals surface area contributed by atoms with Gasteiger partial charge in [-0.15, -0.1) is 11.3 Å². The normalized spacial score (nSPS) is 18.6. The smallest absolute Gasteiger partial charge is 0.0809 e. The Kier molecular flexibility index (Phi) is 3.82. The van der Waals surface area contributed by atoms with Crippen LogP contribution in [0.3, 0.4) is 0 Å². The number of thiophene rings is 1. The molecule has 0 spiro atoms. The summed E-state index contributed by atoms with van der Waals surface area (Å²) in [6.07, 6.45) is 4.65. The first kappa shape index (κ1) is 13.0. The van der Waals surface area contributed by atoms with Crippen LogP contribution in [0.1, 0.15) is 31.4 Å². The minimum atomic E-state index is 0.319. The van der Waals surface area contributed by atoms with Crippen molar-refractivity contribution in [1.29, 1.82) is 0 Å². The molecule has 2 heterocycles. The van der Waals surface area contributed by atoms with E-state index in [1.54, 1.807) is 18.4 Å². The summed E-state index contributed by atoms with van der Waals surface area (Å²) in [7, 11) is 1.78. The van der Waals surface area contributed by atoms with E-state index in [1.165, 1.54) is 23.1 Å². The van der Waals surface area contributed by atoms with Crippen LogP contribution >= 0.6 is 11.3 Å². The van der Waals surface area contributed by atoms with Gasteiger partial charge in [-0.2, -0.15) is 0 Å². The molecule has 0 amide bonds. The zero-order valence-corrected chi connectivity index (χ0v) is 12.2. The summed E-state index contributed by atoms with van der Waals surface area (Å²) in [6, 6.07) is 5.11. The van der Waals surface area contributed by atoms with E-state index < -0.39 is 0 Å². The first-order valence-corrected chi connectivity index (χ1v) is 7.74. The lowest BCUT2D eigenvalue weighted by Crippen LogP contribution is -2.37. The fourth-order valence-corrected chi connectivity index (χ4v) is 3.30. The van der Waals surface area contributed by atoms with E-state index in [0.717, 1.165) is 18.0 Å². The van der Waals surface area contributed by atoms with Crippen LogP contribution in [-0.4, -0.2) is 24.7 Å². The van der Waals surface area contributed by atoms with Crippen LogP contribution in [0, 0.1) is 5.92 Å². The Morgan fingerprint density at radius 3 is 3.11 bits per heavy atom. The van der Waals surface area contributed by atoms with E-state index in [1.807, 2.05) is 6.20 Å². The van der Waals surface area contributed by atoms with E-state index in [9.17, 15) is 0 Å². The minimum Gasteiger partial charge on any atom is -0.383 e. The van der Waals surface area contributed by atoms with E-state index in [0.29, 0.717) is 12.1 Å². The number of hydrogen-bond donors (Lipinski definition) is 1. The summed E-state index contributed by atoms with van der Waals surface area (Å²) in [4.78, 5) is 4.52. The van der Waals surface area contributed by atoms with Crippen LogP contribution in [-0.2, 0) is 4.74 Å². The molecule has 2 aromatic heterocycles. The second-order valence-corrected chi connectivity index (χ2v) is 6.31. The molecule has 1 aliphatic rings. The molecule has 0 aromatic carbocycles. The Balaban J connectivity index is 1.72. The van der Waals surface area contributed by atoms with Crippen LogP contribution in [0.5, 0.6) is 0 Å². The number of methoxy groups -OCH3 is 1. The van der Waals surface area contributed by atoms with Gasteiger partial charge in [0.2, 0.25) is 0 Å². The first-order valence-electron chi connectivity index (χ1n) is 6.86. The van der Waals surface area contributed by atoms with Gasteiger partial charge in [-0.1, -0.05) is 0 Å². The van der Waals surface area contributed by atoms with Gasteiger partial charge in [0, 0.05) is 25.4 Å². The summed E-state index contributed by atoms with van der Waals surface area (Å²) in [5, 5.41) is 5.79. The highest BCUT2D eigenvalue weighted by atomic mass is 32.1. The molecule has 0 bridgehead atoms. The van der Waals surface area contributed by atoms with Gasteiger partial charge in [0.25, 0.3) is 0 Å². The predicted octanol–water partition coefficient (Wildman–Crippen LogP) is 3.37. The highest BCUT2D eigenvalue weighted by molar-refractivity contribution is 7.17. The third kappa shape index (κ3) is 2.96. The lowest BCUT2D eigenvalue weighted by atomic mass is 10.1. The molecule has 2 aromatic rings. The third-order valence-corrected chi connectivity index (χ3v) is 4.68. The average Bonchev–Trinajstić information content (AvgIpc) is 3.15. The largest absolute Gasteiger partial charge is 0.383 e. The van der Waals surface area contributed by atoms with Crippen LogP contribution in [0.15, 0.2) is 23.7 Å². The molecule has 0 radical (unpaired) electrons. The maximum Gasteiger partial charge on any atom is 0.0809 e. The number of pyridine rings is 1. The second kappa shape index (κ2) is 5.57. The molecule has 3 nitrogen and oxygen atoms in total. The zero-order valence-electron chi connectivity index (χ0n) is 11.4. The molecule has 0 aliphatic heterocycles. The summed E-state index contributed by atoms with van der Waals surface area (Å²) < 4.78 is 6.59. The van der Waals surface area contributed by atoms with Gasteiger partial charge in [-0.05, 0) is 48.8 Å². The number of nitrogens with zero attached hydrogens (tertiary/aromatic N) is 1. The van der Waals surface area contributed by atoms with Crippen molar-refractivity contribution in [3.8, 4) is 0 Å². The topological polar surface area (TPSA) is 34.1 Å². The molecule has 0 unspecified atom stereocenters. The first-order chi connectivity index (χ1) is 9.28. The number of nitrogens with one attached hydrogen (secondary N) is 1. The Morgan fingerprint density at radius 2 is 2.37 bits per heavy atom. The Bertz CT molecular complexity index is 550. The molecular formula is C15H20N2OS. The number of fused-ring (bicyclic) bond motifs is 1. The molecule has 1 fully saturated rings. The van der Waals surface area contributed by atoms with Gasteiger partial charge < -0.3 is 10.1 Å². The SMILES string of the molecule is COC[C@@H](N[C@H](C)c1cnc2ccsc2c1)C1CC1. The van der Waals surface area contributed by atoms with Crippen molar-refractivity contribution >= 4 is 21.6 Å². The Morgan fingerprint density at radius 1 is 1.53 bits per heavy atom. The third-order valence-electron chi connectivity index (χ3n) is 3.83. The monoisotopic (exact) mass is 276 g/mol. The van der Waals surface area contributed by atoms with Crippen LogP contribution in [0.25, 0.3) is 10.2 Å². The highest BCUT2D eigenvalue weighted by Crippen LogP contribution is 2.34. The predicted molar refractivity (Wildman–Crippen MR) is 79.6 cm³/mol. The molecule has 102 valence electrons. The molecule has 1 N–H and O–H groups in total. The fraction of sp³-hybridized carbons (Fsp3) is 0.533. The summed E-state index contributed by atoms with van der Waals surface area (Å²) in [5.41, 5.74) is 2.35. The molecule has 1 aliphatic carbocycles. The number of hydrogen-bond acceptors (Lipinski definition) is 4. The fourth-order valence-electron chi connectivity index (χ4n) is 2.51. The van der Waals surface area contributed by atoms with Crippen molar-refractivity contribution in [3.05, 3.63) is 29.3 Å². The average molecular weight is 276 g/mol. The minimum absolute atomic E-state index is 0.319. The zero-order chi connectivity index (χ0) is 13.2. The molecule has 4 heteroatoms. The molecule has 2 atom stereocenters. The van der Waals surface area contributed by atoms with E-state index in [2.05, 4.69) is 34.7 Å². The summed E-state index contributed by atoms with van der Waals surface area (Å²) >= 11 is 1.75. The summed E-state index contributed by atoms with van der Waals surface area (Å²) in [5.74, 6) is 0.792. The van der Waals surface area contributed by atoms with Crippen LogP contribution in [0.2, 0.25) is 0 Å². The van der Waals surface area contributed by atoms with Gasteiger partial charge in [-0.25, -0.2) is 0 Å². The van der Waals surface area contributed by atoms with Crippen molar-refractivity contribution in [2.75, 3.05) is 13.7 Å². The Labute approximate surface area is 118 Å². The van der Waals surface area contributed by atoms with Gasteiger partial charge in [0.1, 0.15) is 0 Å². The molecule has 3 rings (SSSR count).